The molecule has 0 unspecified atom stereocenters. The Morgan fingerprint density at radius 1 is 1.00 bits per heavy atom. The summed E-state index contributed by atoms with van der Waals surface area (Å²) in [6.45, 7) is 11.9. The van der Waals surface area contributed by atoms with Gasteiger partial charge in [0.25, 0.3) is 0 Å². The van der Waals surface area contributed by atoms with E-state index in [0.29, 0.717) is 43.6 Å². The fraction of sp³-hybridized carbons (Fsp3) is 0.605. The SMILES string of the molecule is CC[C@H](C)[C@H](NC(=O)[C@@H](Cc1cccc(Cl)c1)C[C@@H](O)[C@H](Cc1ccccc1)NC(=O)OC(C)(C)C)C(=O)N1CCC(NCCOC)CC1. The maximum Gasteiger partial charge on any atom is 0.407 e. The third kappa shape index (κ3) is 13.9. The average molecular weight is 701 g/mol. The lowest BCUT2D eigenvalue weighted by Crippen LogP contribution is -2.56. The Labute approximate surface area is 297 Å². The monoisotopic (exact) mass is 700 g/mol. The molecule has 0 spiro atoms. The van der Waals surface area contributed by atoms with Gasteiger partial charge in [0.1, 0.15) is 11.6 Å². The maximum atomic E-state index is 14.2. The second kappa shape index (κ2) is 19.9. The first-order valence-corrected chi connectivity index (χ1v) is 17.9. The van der Waals surface area contributed by atoms with Gasteiger partial charge in [-0.05, 0) is 82.1 Å². The highest BCUT2D eigenvalue weighted by Gasteiger charge is 2.35. The van der Waals surface area contributed by atoms with E-state index in [1.54, 1.807) is 40.0 Å². The Morgan fingerprint density at radius 2 is 1.67 bits per heavy atom. The van der Waals surface area contributed by atoms with E-state index < -0.39 is 35.8 Å². The minimum absolute atomic E-state index is 0.0333. The van der Waals surface area contributed by atoms with Crippen LogP contribution in [0.2, 0.25) is 5.02 Å². The highest BCUT2D eigenvalue weighted by atomic mass is 35.5. The molecule has 3 rings (SSSR count). The number of hydrogen-bond acceptors (Lipinski definition) is 7. The Kier molecular flexibility index (Phi) is 16.3. The van der Waals surface area contributed by atoms with Gasteiger partial charge in [-0.25, -0.2) is 4.79 Å². The summed E-state index contributed by atoms with van der Waals surface area (Å²) in [5.74, 6) is -1.24. The number of methoxy groups -OCH3 is 1. The molecule has 0 saturated carbocycles. The number of carbonyl (C=O) groups is 3. The molecule has 1 aliphatic rings. The van der Waals surface area contributed by atoms with Crippen molar-refractivity contribution in [2.75, 3.05) is 33.4 Å². The highest BCUT2D eigenvalue weighted by molar-refractivity contribution is 6.30. The lowest BCUT2D eigenvalue weighted by Gasteiger charge is -2.36. The van der Waals surface area contributed by atoms with E-state index in [0.717, 1.165) is 30.5 Å². The van der Waals surface area contributed by atoms with Gasteiger partial charge in [-0.1, -0.05) is 74.3 Å². The van der Waals surface area contributed by atoms with Crippen LogP contribution >= 0.6 is 11.6 Å². The fourth-order valence-electron chi connectivity index (χ4n) is 6.12. The molecule has 10 nitrogen and oxygen atoms in total. The molecule has 3 amide bonds. The van der Waals surface area contributed by atoms with Gasteiger partial charge in [-0.15, -0.1) is 0 Å². The first-order chi connectivity index (χ1) is 23.3. The number of aliphatic hydroxyl groups is 1. The number of nitrogens with zero attached hydrogens (tertiary/aromatic N) is 1. The van der Waals surface area contributed by atoms with Crippen molar-refractivity contribution in [2.45, 2.75) is 103 Å². The quantitative estimate of drug-likeness (QED) is 0.168. The smallest absolute Gasteiger partial charge is 0.407 e. The summed E-state index contributed by atoms with van der Waals surface area (Å²) in [7, 11) is 1.68. The number of piperidine rings is 1. The number of rotatable bonds is 17. The molecule has 11 heteroatoms. The molecule has 1 fully saturated rings. The number of benzene rings is 2. The fourth-order valence-corrected chi connectivity index (χ4v) is 6.33. The number of nitrogens with one attached hydrogen (secondary N) is 3. The third-order valence-corrected chi connectivity index (χ3v) is 9.29. The topological polar surface area (TPSA) is 129 Å². The van der Waals surface area contributed by atoms with Crippen molar-refractivity contribution >= 4 is 29.5 Å². The lowest BCUT2D eigenvalue weighted by atomic mass is 9.87. The predicted octanol–water partition coefficient (Wildman–Crippen LogP) is 5.14. The first kappa shape index (κ1) is 40.3. The highest BCUT2D eigenvalue weighted by Crippen LogP contribution is 2.23. The molecule has 0 aromatic heterocycles. The van der Waals surface area contributed by atoms with Gasteiger partial charge in [0.15, 0.2) is 0 Å². The number of likely N-dealkylation sites (tertiary alicyclic amines) is 1. The Hall–Kier alpha value is -3.18. The van der Waals surface area contributed by atoms with Gasteiger partial charge in [-0.2, -0.15) is 0 Å². The van der Waals surface area contributed by atoms with Crippen LogP contribution < -0.4 is 16.0 Å². The molecule has 4 N–H and O–H groups in total. The zero-order chi connectivity index (χ0) is 36.0. The van der Waals surface area contributed by atoms with E-state index in [1.165, 1.54) is 0 Å². The van der Waals surface area contributed by atoms with E-state index in [1.807, 2.05) is 61.2 Å². The zero-order valence-corrected chi connectivity index (χ0v) is 30.8. The summed E-state index contributed by atoms with van der Waals surface area (Å²) in [5, 5.41) is 21.7. The van der Waals surface area contributed by atoms with Crippen molar-refractivity contribution in [3.05, 3.63) is 70.7 Å². The van der Waals surface area contributed by atoms with Crippen molar-refractivity contribution in [3.63, 3.8) is 0 Å². The van der Waals surface area contributed by atoms with Gasteiger partial charge in [0.05, 0.1) is 18.8 Å². The molecule has 5 atom stereocenters. The number of hydrogen-bond donors (Lipinski definition) is 4. The predicted molar refractivity (Wildman–Crippen MR) is 193 cm³/mol. The lowest BCUT2D eigenvalue weighted by molar-refractivity contribution is -0.140. The van der Waals surface area contributed by atoms with Crippen molar-refractivity contribution in [1.82, 2.24) is 20.9 Å². The molecule has 0 bridgehead atoms. The Bertz CT molecular complexity index is 1310. The second-order valence-electron chi connectivity index (χ2n) is 14.2. The van der Waals surface area contributed by atoms with Gasteiger partial charge >= 0.3 is 6.09 Å². The van der Waals surface area contributed by atoms with Gasteiger partial charge in [-0.3, -0.25) is 9.59 Å². The van der Waals surface area contributed by atoms with Crippen LogP contribution in [0.5, 0.6) is 0 Å². The summed E-state index contributed by atoms with van der Waals surface area (Å²) in [4.78, 5) is 42.9. The Morgan fingerprint density at radius 3 is 2.29 bits per heavy atom. The van der Waals surface area contributed by atoms with Crippen molar-refractivity contribution in [2.24, 2.45) is 11.8 Å². The molecule has 272 valence electrons. The molecule has 49 heavy (non-hydrogen) atoms. The summed E-state index contributed by atoms with van der Waals surface area (Å²) < 4.78 is 10.7. The normalized spacial score (nSPS) is 17.0. The Balaban J connectivity index is 1.82. The molecule has 1 aliphatic heterocycles. The summed E-state index contributed by atoms with van der Waals surface area (Å²) in [6, 6.07) is 15.7. The molecule has 1 heterocycles. The third-order valence-electron chi connectivity index (χ3n) is 9.06. The van der Waals surface area contributed by atoms with Crippen molar-refractivity contribution < 1.29 is 29.0 Å². The first-order valence-electron chi connectivity index (χ1n) is 17.6. The van der Waals surface area contributed by atoms with Crippen LogP contribution in [0, 0.1) is 11.8 Å². The summed E-state index contributed by atoms with van der Waals surface area (Å²) in [5.41, 5.74) is 1.02. The van der Waals surface area contributed by atoms with E-state index in [4.69, 9.17) is 21.1 Å². The summed E-state index contributed by atoms with van der Waals surface area (Å²) in [6.07, 6.45) is 1.25. The molecular formula is C38H57ClN4O6. The van der Waals surface area contributed by atoms with Crippen LogP contribution in [0.15, 0.2) is 54.6 Å². The van der Waals surface area contributed by atoms with Gasteiger partial charge in [0.2, 0.25) is 11.8 Å². The number of halogens is 1. The number of alkyl carbamates (subject to hydrolysis) is 1. The van der Waals surface area contributed by atoms with Crippen LogP contribution in [-0.2, 0) is 31.9 Å². The van der Waals surface area contributed by atoms with Crippen LogP contribution in [0.25, 0.3) is 0 Å². The minimum atomic E-state index is -1.11. The van der Waals surface area contributed by atoms with Gasteiger partial charge < -0.3 is 35.4 Å². The van der Waals surface area contributed by atoms with E-state index in [2.05, 4.69) is 16.0 Å². The molecule has 0 radical (unpaired) electrons. The maximum absolute atomic E-state index is 14.2. The number of aliphatic hydroxyl groups excluding tert-OH is 1. The zero-order valence-electron chi connectivity index (χ0n) is 30.0. The molecule has 2 aromatic carbocycles. The second-order valence-corrected chi connectivity index (χ2v) is 14.6. The molecule has 1 saturated heterocycles. The molecule has 0 aliphatic carbocycles. The van der Waals surface area contributed by atoms with Crippen LogP contribution in [0.1, 0.15) is 71.4 Å². The minimum Gasteiger partial charge on any atom is -0.444 e. The number of amides is 3. The van der Waals surface area contributed by atoms with E-state index in [9.17, 15) is 19.5 Å². The standard InChI is InChI=1S/C38H57ClN4O6/c1-7-26(2)34(36(46)43-19-16-31(17-20-43)40-18-21-48-6)42-35(45)29(22-28-14-11-15-30(39)23-28)25-33(44)32(24-27-12-9-8-10-13-27)41-37(47)49-38(3,4)5/h8-15,23,26,29,31-34,40,44H,7,16-22,24-25H2,1-6H3,(H,41,47)(H,42,45)/t26-,29-,32-,33+,34-/m0/s1. The number of ether oxygens (including phenoxy) is 2. The summed E-state index contributed by atoms with van der Waals surface area (Å²) >= 11 is 6.31. The van der Waals surface area contributed by atoms with Crippen molar-refractivity contribution in [3.8, 4) is 0 Å². The number of carbonyl (C=O) groups excluding carboxylic acids is 3. The molecule has 2 aromatic rings. The van der Waals surface area contributed by atoms with Crippen LogP contribution in [0.4, 0.5) is 4.79 Å². The van der Waals surface area contributed by atoms with Gasteiger partial charge in [0, 0.05) is 43.7 Å². The average Bonchev–Trinajstić information content (AvgIpc) is 3.06. The van der Waals surface area contributed by atoms with Crippen LogP contribution in [0.3, 0.4) is 0 Å². The van der Waals surface area contributed by atoms with E-state index >= 15 is 0 Å². The van der Waals surface area contributed by atoms with Crippen LogP contribution in [-0.4, -0.2) is 91.1 Å². The molecular weight excluding hydrogens is 644 g/mol. The largest absolute Gasteiger partial charge is 0.444 e. The van der Waals surface area contributed by atoms with Crippen molar-refractivity contribution in [1.29, 1.82) is 0 Å². The van der Waals surface area contributed by atoms with E-state index in [-0.39, 0.29) is 30.6 Å².